The number of amides is 3. The van der Waals surface area contributed by atoms with Crippen molar-refractivity contribution < 1.29 is 19.2 Å². The maximum absolute atomic E-state index is 11.6. The van der Waals surface area contributed by atoms with Gasteiger partial charge in [0.25, 0.3) is 0 Å². The molecule has 0 unspecified atom stereocenters. The Morgan fingerprint density at radius 2 is 1.12 bits per heavy atom. The predicted molar refractivity (Wildman–Crippen MR) is 96.9 cm³/mol. The van der Waals surface area contributed by atoms with Crippen LogP contribution in [0.25, 0.3) is 0 Å². The van der Waals surface area contributed by atoms with E-state index < -0.39 is 0 Å². The molecule has 7 heteroatoms. The Balaban J connectivity index is 3.56. The average Bonchev–Trinajstić information content (AvgIpc) is 2.58. The Morgan fingerprint density at radius 3 is 1.56 bits per heavy atom. The van der Waals surface area contributed by atoms with Crippen molar-refractivity contribution in [2.75, 3.05) is 19.6 Å². The molecule has 0 aliphatic rings. The fraction of sp³-hybridized carbons (Fsp3) is 0.778. The van der Waals surface area contributed by atoms with Gasteiger partial charge in [0.05, 0.1) is 0 Å². The number of nitrogens with one attached hydrogen (secondary N) is 3. The Hall–Kier alpha value is -1.92. The standard InChI is InChI=1S/C18H33N3O4/c1-4-11-19-16(23)7-5-12-20-17(24)8-6-13-21-18(25)10-9-15(22)14(2)3/h14H,4-13H2,1-3H3,(H,19,23)(H,20,24)(H,21,25). The lowest BCUT2D eigenvalue weighted by atomic mass is 10.0. The topological polar surface area (TPSA) is 104 Å². The van der Waals surface area contributed by atoms with E-state index in [0.29, 0.717) is 45.3 Å². The van der Waals surface area contributed by atoms with Gasteiger partial charge in [0.2, 0.25) is 17.7 Å². The van der Waals surface area contributed by atoms with Gasteiger partial charge in [0, 0.05) is 51.2 Å². The predicted octanol–water partition coefficient (Wildman–Crippen LogP) is 1.31. The van der Waals surface area contributed by atoms with E-state index in [2.05, 4.69) is 16.0 Å². The van der Waals surface area contributed by atoms with Crippen molar-refractivity contribution in [3.8, 4) is 0 Å². The summed E-state index contributed by atoms with van der Waals surface area (Å²) in [6, 6.07) is 0. The Kier molecular flexibility index (Phi) is 13.3. The number of Topliss-reactive ketones (excluding diaryl/α,β-unsaturated/α-hetero) is 1. The normalized spacial score (nSPS) is 10.4. The van der Waals surface area contributed by atoms with Crippen LogP contribution in [-0.4, -0.2) is 43.1 Å². The summed E-state index contributed by atoms with van der Waals surface area (Å²) in [4.78, 5) is 46.0. The first-order chi connectivity index (χ1) is 11.9. The third-order valence-electron chi connectivity index (χ3n) is 3.62. The fourth-order valence-electron chi connectivity index (χ4n) is 2.01. The van der Waals surface area contributed by atoms with Crippen LogP contribution in [-0.2, 0) is 19.2 Å². The van der Waals surface area contributed by atoms with E-state index in [1.165, 1.54) is 0 Å². The molecule has 0 saturated carbocycles. The van der Waals surface area contributed by atoms with Gasteiger partial charge >= 0.3 is 0 Å². The first-order valence-corrected chi connectivity index (χ1v) is 9.19. The number of carbonyl (C=O) groups is 4. The van der Waals surface area contributed by atoms with Crippen molar-refractivity contribution in [1.29, 1.82) is 0 Å². The summed E-state index contributed by atoms with van der Waals surface area (Å²) in [5.74, 6) is -0.201. The van der Waals surface area contributed by atoms with Crippen molar-refractivity contribution in [3.63, 3.8) is 0 Å². The van der Waals surface area contributed by atoms with Gasteiger partial charge in [-0.05, 0) is 19.3 Å². The van der Waals surface area contributed by atoms with E-state index in [4.69, 9.17) is 0 Å². The molecule has 0 aliphatic carbocycles. The molecule has 7 nitrogen and oxygen atoms in total. The highest BCUT2D eigenvalue weighted by Crippen LogP contribution is 2.01. The number of ketones is 1. The lowest BCUT2D eigenvalue weighted by Crippen LogP contribution is -2.29. The van der Waals surface area contributed by atoms with E-state index in [1.54, 1.807) is 0 Å². The second-order valence-electron chi connectivity index (χ2n) is 6.38. The zero-order valence-electron chi connectivity index (χ0n) is 15.8. The zero-order valence-corrected chi connectivity index (χ0v) is 15.8. The van der Waals surface area contributed by atoms with Crippen molar-refractivity contribution in [3.05, 3.63) is 0 Å². The Labute approximate surface area is 150 Å². The first kappa shape index (κ1) is 23.1. The molecule has 0 saturated heterocycles. The number of hydrogen-bond donors (Lipinski definition) is 3. The van der Waals surface area contributed by atoms with E-state index in [-0.39, 0.29) is 42.3 Å². The molecule has 0 aromatic rings. The van der Waals surface area contributed by atoms with E-state index in [0.717, 1.165) is 6.42 Å². The highest BCUT2D eigenvalue weighted by molar-refractivity contribution is 5.86. The molecule has 0 aromatic carbocycles. The third kappa shape index (κ3) is 14.2. The van der Waals surface area contributed by atoms with Gasteiger partial charge in [-0.15, -0.1) is 0 Å². The number of hydrogen-bond acceptors (Lipinski definition) is 4. The monoisotopic (exact) mass is 355 g/mol. The maximum Gasteiger partial charge on any atom is 0.220 e. The van der Waals surface area contributed by atoms with E-state index in [9.17, 15) is 19.2 Å². The van der Waals surface area contributed by atoms with Crippen LogP contribution in [0, 0.1) is 5.92 Å². The Bertz CT molecular complexity index is 436. The van der Waals surface area contributed by atoms with Crippen LogP contribution in [0.2, 0.25) is 0 Å². The van der Waals surface area contributed by atoms with Crippen molar-refractivity contribution in [2.24, 2.45) is 5.92 Å². The van der Waals surface area contributed by atoms with Crippen LogP contribution < -0.4 is 16.0 Å². The summed E-state index contributed by atoms with van der Waals surface area (Å²) in [5, 5.41) is 8.25. The van der Waals surface area contributed by atoms with Crippen LogP contribution in [0.1, 0.15) is 65.7 Å². The molecule has 0 bridgehead atoms. The SMILES string of the molecule is CCCNC(=O)CCCNC(=O)CCCNC(=O)CCC(=O)C(C)C. The zero-order chi connectivity index (χ0) is 19.1. The van der Waals surface area contributed by atoms with Crippen molar-refractivity contribution in [2.45, 2.75) is 65.7 Å². The van der Waals surface area contributed by atoms with E-state index in [1.807, 2.05) is 20.8 Å². The molecule has 0 atom stereocenters. The van der Waals surface area contributed by atoms with Crippen molar-refractivity contribution in [1.82, 2.24) is 16.0 Å². The molecule has 25 heavy (non-hydrogen) atoms. The maximum atomic E-state index is 11.6. The average molecular weight is 355 g/mol. The minimum atomic E-state index is -0.160. The largest absolute Gasteiger partial charge is 0.356 e. The molecule has 0 aliphatic heterocycles. The molecule has 144 valence electrons. The lowest BCUT2D eigenvalue weighted by molar-refractivity contribution is -0.126. The highest BCUT2D eigenvalue weighted by Gasteiger charge is 2.10. The summed E-state index contributed by atoms with van der Waals surface area (Å²) in [6.45, 7) is 7.20. The van der Waals surface area contributed by atoms with Crippen LogP contribution >= 0.6 is 0 Å². The van der Waals surface area contributed by atoms with Gasteiger partial charge in [-0.3, -0.25) is 19.2 Å². The van der Waals surface area contributed by atoms with Crippen LogP contribution in [0.5, 0.6) is 0 Å². The lowest BCUT2D eigenvalue weighted by Gasteiger charge is -2.07. The molecule has 3 amide bonds. The molecule has 0 spiro atoms. The molecule has 0 fully saturated rings. The molecular weight excluding hydrogens is 322 g/mol. The molecule has 3 N–H and O–H groups in total. The second-order valence-corrected chi connectivity index (χ2v) is 6.38. The van der Waals surface area contributed by atoms with Gasteiger partial charge in [-0.1, -0.05) is 20.8 Å². The quantitative estimate of drug-likeness (QED) is 0.409. The summed E-state index contributed by atoms with van der Waals surface area (Å²) < 4.78 is 0. The van der Waals surface area contributed by atoms with E-state index >= 15 is 0 Å². The number of rotatable bonds is 14. The van der Waals surface area contributed by atoms with Gasteiger partial charge < -0.3 is 16.0 Å². The highest BCUT2D eigenvalue weighted by atomic mass is 16.2. The van der Waals surface area contributed by atoms with Crippen LogP contribution in [0.3, 0.4) is 0 Å². The molecule has 0 radical (unpaired) electrons. The van der Waals surface area contributed by atoms with Gasteiger partial charge in [-0.2, -0.15) is 0 Å². The Morgan fingerprint density at radius 1 is 0.680 bits per heavy atom. The second kappa shape index (κ2) is 14.4. The number of carbonyl (C=O) groups excluding carboxylic acids is 4. The van der Waals surface area contributed by atoms with Gasteiger partial charge in [0.1, 0.15) is 5.78 Å². The van der Waals surface area contributed by atoms with Crippen LogP contribution in [0.4, 0.5) is 0 Å². The smallest absolute Gasteiger partial charge is 0.220 e. The summed E-state index contributed by atoms with van der Waals surface area (Å²) in [7, 11) is 0. The summed E-state index contributed by atoms with van der Waals surface area (Å²) in [6.07, 6.45) is 3.26. The van der Waals surface area contributed by atoms with Crippen molar-refractivity contribution >= 4 is 23.5 Å². The summed E-state index contributed by atoms with van der Waals surface area (Å²) in [5.41, 5.74) is 0. The minimum absolute atomic E-state index is 0.00904. The molecule has 0 heterocycles. The third-order valence-corrected chi connectivity index (χ3v) is 3.62. The van der Waals surface area contributed by atoms with Gasteiger partial charge in [0.15, 0.2) is 0 Å². The fourth-order valence-corrected chi connectivity index (χ4v) is 2.01. The minimum Gasteiger partial charge on any atom is -0.356 e. The molecule has 0 aromatic heterocycles. The first-order valence-electron chi connectivity index (χ1n) is 9.19. The summed E-state index contributed by atoms with van der Waals surface area (Å²) >= 11 is 0. The molecule has 0 rings (SSSR count). The van der Waals surface area contributed by atoms with Gasteiger partial charge in [-0.25, -0.2) is 0 Å². The van der Waals surface area contributed by atoms with Crippen LogP contribution in [0.15, 0.2) is 0 Å². The molecular formula is C18H33N3O4.